The SMILES string of the molecule is CCn1c(CNC(=O)CCNS(=O)(=O)c2ccc3ccccc3c2)n[nH]c1=S. The molecule has 0 radical (unpaired) electrons. The molecule has 28 heavy (non-hydrogen) atoms. The molecule has 148 valence electrons. The Morgan fingerprint density at radius 1 is 1.21 bits per heavy atom. The van der Waals surface area contributed by atoms with Crippen molar-refractivity contribution in [1.82, 2.24) is 24.8 Å². The zero-order chi connectivity index (χ0) is 20.1. The van der Waals surface area contributed by atoms with Gasteiger partial charge in [0.2, 0.25) is 15.9 Å². The second-order valence-corrected chi connectivity index (χ2v) is 8.28. The van der Waals surface area contributed by atoms with Crippen LogP contribution >= 0.6 is 12.2 Å². The van der Waals surface area contributed by atoms with E-state index in [-0.39, 0.29) is 30.3 Å². The van der Waals surface area contributed by atoms with Gasteiger partial charge < -0.3 is 9.88 Å². The predicted molar refractivity (Wildman–Crippen MR) is 109 cm³/mol. The molecule has 0 atom stereocenters. The molecular weight excluding hydrogens is 398 g/mol. The molecule has 1 aromatic heterocycles. The molecule has 0 aliphatic rings. The molecule has 0 fully saturated rings. The van der Waals surface area contributed by atoms with E-state index >= 15 is 0 Å². The number of aromatic nitrogens is 3. The van der Waals surface area contributed by atoms with Gasteiger partial charge in [0.05, 0.1) is 11.4 Å². The summed E-state index contributed by atoms with van der Waals surface area (Å²) in [7, 11) is -3.69. The van der Waals surface area contributed by atoms with Crippen LogP contribution in [0.15, 0.2) is 47.4 Å². The molecule has 8 nitrogen and oxygen atoms in total. The van der Waals surface area contributed by atoms with Gasteiger partial charge in [0.25, 0.3) is 0 Å². The number of benzene rings is 2. The van der Waals surface area contributed by atoms with Crippen molar-refractivity contribution in [2.45, 2.75) is 31.3 Å². The zero-order valence-corrected chi connectivity index (χ0v) is 16.9. The van der Waals surface area contributed by atoms with Crippen molar-refractivity contribution in [3.8, 4) is 0 Å². The van der Waals surface area contributed by atoms with Crippen LogP contribution in [0.4, 0.5) is 0 Å². The molecule has 0 saturated carbocycles. The van der Waals surface area contributed by atoms with Gasteiger partial charge in [-0.05, 0) is 42.0 Å². The van der Waals surface area contributed by atoms with E-state index in [0.29, 0.717) is 17.1 Å². The highest BCUT2D eigenvalue weighted by Gasteiger charge is 2.15. The van der Waals surface area contributed by atoms with Gasteiger partial charge in [0.1, 0.15) is 0 Å². The summed E-state index contributed by atoms with van der Waals surface area (Å²) in [5, 5.41) is 11.3. The standard InChI is InChI=1S/C18H21N5O3S2/c1-2-23-16(21-22-18(23)27)12-19-17(24)9-10-20-28(25,26)15-8-7-13-5-3-4-6-14(13)11-15/h3-8,11,20H,2,9-10,12H2,1H3,(H,19,24)(H,22,27). The summed E-state index contributed by atoms with van der Waals surface area (Å²) in [5.74, 6) is 0.343. The van der Waals surface area contributed by atoms with E-state index in [1.807, 2.05) is 31.2 Å². The van der Waals surface area contributed by atoms with Gasteiger partial charge in [-0.15, -0.1) is 0 Å². The van der Waals surface area contributed by atoms with Crippen LogP contribution in [0.3, 0.4) is 0 Å². The number of carbonyl (C=O) groups excluding carboxylic acids is 1. The summed E-state index contributed by atoms with van der Waals surface area (Å²) in [6.45, 7) is 2.79. The van der Waals surface area contributed by atoms with Gasteiger partial charge in [0.15, 0.2) is 10.6 Å². The Balaban J connectivity index is 1.54. The molecule has 2 aromatic carbocycles. The van der Waals surface area contributed by atoms with Gasteiger partial charge in [-0.25, -0.2) is 13.1 Å². The fraction of sp³-hybridized carbons (Fsp3) is 0.278. The normalized spacial score (nSPS) is 11.6. The Kier molecular flexibility index (Phi) is 6.22. The minimum absolute atomic E-state index is 0.00161. The Hall–Kier alpha value is -2.56. The van der Waals surface area contributed by atoms with E-state index in [4.69, 9.17) is 12.2 Å². The number of hydrogen-bond acceptors (Lipinski definition) is 5. The number of fused-ring (bicyclic) bond motifs is 1. The molecular formula is C18H21N5O3S2. The molecule has 0 spiro atoms. The van der Waals surface area contributed by atoms with Crippen molar-refractivity contribution < 1.29 is 13.2 Å². The largest absolute Gasteiger partial charge is 0.349 e. The fourth-order valence-electron chi connectivity index (χ4n) is 2.79. The molecule has 1 amide bonds. The van der Waals surface area contributed by atoms with E-state index in [0.717, 1.165) is 10.8 Å². The van der Waals surface area contributed by atoms with Crippen LogP contribution in [-0.4, -0.2) is 35.6 Å². The smallest absolute Gasteiger partial charge is 0.240 e. The number of carbonyl (C=O) groups is 1. The lowest BCUT2D eigenvalue weighted by Gasteiger charge is -2.09. The van der Waals surface area contributed by atoms with Crippen LogP contribution in [0.25, 0.3) is 10.8 Å². The molecule has 3 aromatic rings. The highest BCUT2D eigenvalue weighted by atomic mass is 32.2. The summed E-state index contributed by atoms with van der Waals surface area (Å²) in [6, 6.07) is 12.5. The van der Waals surface area contributed by atoms with Crippen molar-refractivity contribution in [2.75, 3.05) is 6.54 Å². The average molecular weight is 420 g/mol. The van der Waals surface area contributed by atoms with Gasteiger partial charge in [-0.3, -0.25) is 9.89 Å². The Morgan fingerprint density at radius 3 is 2.71 bits per heavy atom. The third-order valence-electron chi connectivity index (χ3n) is 4.27. The first-order valence-electron chi connectivity index (χ1n) is 8.80. The number of sulfonamides is 1. The Labute approximate surface area is 168 Å². The van der Waals surface area contributed by atoms with Gasteiger partial charge in [-0.1, -0.05) is 30.3 Å². The van der Waals surface area contributed by atoms with Crippen molar-refractivity contribution in [2.24, 2.45) is 0 Å². The monoisotopic (exact) mass is 419 g/mol. The highest BCUT2D eigenvalue weighted by Crippen LogP contribution is 2.18. The maximum atomic E-state index is 12.5. The number of rotatable bonds is 8. The Morgan fingerprint density at radius 2 is 1.96 bits per heavy atom. The predicted octanol–water partition coefficient (Wildman–Crippen LogP) is 2.10. The average Bonchev–Trinajstić information content (AvgIpc) is 3.05. The van der Waals surface area contributed by atoms with Crippen LogP contribution in [0, 0.1) is 4.77 Å². The van der Waals surface area contributed by atoms with Gasteiger partial charge in [-0.2, -0.15) is 5.10 Å². The maximum absolute atomic E-state index is 12.5. The molecule has 0 saturated heterocycles. The Bertz CT molecular complexity index is 1150. The number of nitrogens with one attached hydrogen (secondary N) is 3. The quantitative estimate of drug-likeness (QED) is 0.485. The van der Waals surface area contributed by atoms with Crippen LogP contribution in [-0.2, 0) is 27.9 Å². The first-order chi connectivity index (χ1) is 13.4. The minimum atomic E-state index is -3.69. The molecule has 0 aliphatic carbocycles. The molecule has 3 N–H and O–H groups in total. The lowest BCUT2D eigenvalue weighted by molar-refractivity contribution is -0.121. The van der Waals surface area contributed by atoms with E-state index in [1.54, 1.807) is 22.8 Å². The number of H-pyrrole nitrogens is 1. The van der Waals surface area contributed by atoms with Crippen LogP contribution in [0.5, 0.6) is 0 Å². The third-order valence-corrected chi connectivity index (χ3v) is 6.04. The first kappa shape index (κ1) is 20.2. The van der Waals surface area contributed by atoms with Crippen molar-refractivity contribution >= 4 is 38.9 Å². The molecule has 0 unspecified atom stereocenters. The van der Waals surface area contributed by atoms with Crippen molar-refractivity contribution in [1.29, 1.82) is 0 Å². The van der Waals surface area contributed by atoms with E-state index in [9.17, 15) is 13.2 Å². The lowest BCUT2D eigenvalue weighted by atomic mass is 10.1. The summed E-state index contributed by atoms with van der Waals surface area (Å²) < 4.78 is 29.6. The first-order valence-corrected chi connectivity index (χ1v) is 10.7. The molecule has 0 aliphatic heterocycles. The second-order valence-electron chi connectivity index (χ2n) is 6.12. The summed E-state index contributed by atoms with van der Waals surface area (Å²) >= 11 is 5.09. The van der Waals surface area contributed by atoms with Gasteiger partial charge in [0, 0.05) is 19.5 Å². The third kappa shape index (κ3) is 4.64. The fourth-order valence-corrected chi connectivity index (χ4v) is 4.14. The molecule has 0 bridgehead atoms. The number of nitrogens with zero attached hydrogens (tertiary/aromatic N) is 2. The van der Waals surface area contributed by atoms with Gasteiger partial charge >= 0.3 is 0 Å². The molecule has 3 rings (SSSR count). The van der Waals surface area contributed by atoms with E-state index in [2.05, 4.69) is 20.2 Å². The number of aromatic amines is 1. The summed E-state index contributed by atoms with van der Waals surface area (Å²) in [6.07, 6.45) is 0.0179. The maximum Gasteiger partial charge on any atom is 0.240 e. The summed E-state index contributed by atoms with van der Waals surface area (Å²) in [5.41, 5.74) is 0. The van der Waals surface area contributed by atoms with Crippen LogP contribution < -0.4 is 10.0 Å². The molecule has 10 heteroatoms. The number of hydrogen-bond donors (Lipinski definition) is 3. The van der Waals surface area contributed by atoms with Crippen molar-refractivity contribution in [3.05, 3.63) is 53.1 Å². The highest BCUT2D eigenvalue weighted by molar-refractivity contribution is 7.89. The van der Waals surface area contributed by atoms with E-state index < -0.39 is 10.0 Å². The second kappa shape index (κ2) is 8.63. The van der Waals surface area contributed by atoms with Crippen molar-refractivity contribution in [3.63, 3.8) is 0 Å². The summed E-state index contributed by atoms with van der Waals surface area (Å²) in [4.78, 5) is 12.2. The lowest BCUT2D eigenvalue weighted by Crippen LogP contribution is -2.31. The van der Waals surface area contributed by atoms with E-state index in [1.165, 1.54) is 0 Å². The van der Waals surface area contributed by atoms with Crippen LogP contribution in [0.2, 0.25) is 0 Å². The zero-order valence-electron chi connectivity index (χ0n) is 15.3. The van der Waals surface area contributed by atoms with Crippen LogP contribution in [0.1, 0.15) is 19.2 Å². The minimum Gasteiger partial charge on any atom is -0.349 e. The topological polar surface area (TPSA) is 109 Å². The number of amides is 1. The molecule has 1 heterocycles.